The molecule has 2 aromatic rings. The van der Waals surface area contributed by atoms with Crippen LogP contribution in [0.1, 0.15) is 24.4 Å². The summed E-state index contributed by atoms with van der Waals surface area (Å²) in [6.45, 7) is 1.77. The molecule has 0 aromatic carbocycles. The Kier molecular flexibility index (Phi) is 3.21. The average molecular weight is 244 g/mol. The standard InChI is InChI=1S/C11H12N6O/c1-7(13)9-15-11(18-2)16-17(9)10-8(6-12)4-3-5-14-10/h3-5,7H,13H2,1-2H3/t7-/m0/s1. The second kappa shape index (κ2) is 4.81. The largest absolute Gasteiger partial charge is 0.466 e. The lowest BCUT2D eigenvalue weighted by Crippen LogP contribution is -2.15. The number of hydrogen-bond donors (Lipinski definition) is 1. The molecule has 0 saturated carbocycles. The lowest BCUT2D eigenvalue weighted by molar-refractivity contribution is 0.379. The molecular formula is C11H12N6O. The molecule has 0 aliphatic rings. The van der Waals surface area contributed by atoms with Crippen molar-refractivity contribution in [3.8, 4) is 17.9 Å². The maximum Gasteiger partial charge on any atom is 0.335 e. The van der Waals surface area contributed by atoms with E-state index in [1.54, 1.807) is 25.3 Å². The quantitative estimate of drug-likeness (QED) is 0.846. The average Bonchev–Trinajstić information content (AvgIpc) is 2.83. The summed E-state index contributed by atoms with van der Waals surface area (Å²) in [6.07, 6.45) is 1.58. The molecule has 0 aliphatic carbocycles. The van der Waals surface area contributed by atoms with E-state index in [0.717, 1.165) is 0 Å². The van der Waals surface area contributed by atoms with E-state index in [2.05, 4.69) is 21.1 Å². The Bertz CT molecular complexity index is 598. The highest BCUT2D eigenvalue weighted by atomic mass is 16.5. The monoisotopic (exact) mass is 244 g/mol. The number of nitriles is 1. The van der Waals surface area contributed by atoms with Gasteiger partial charge in [0.15, 0.2) is 11.6 Å². The smallest absolute Gasteiger partial charge is 0.335 e. The maximum absolute atomic E-state index is 9.06. The van der Waals surface area contributed by atoms with E-state index in [-0.39, 0.29) is 12.1 Å². The number of pyridine rings is 1. The summed E-state index contributed by atoms with van der Waals surface area (Å²) in [5.74, 6) is 0.880. The molecule has 0 saturated heterocycles. The van der Waals surface area contributed by atoms with Gasteiger partial charge in [-0.2, -0.15) is 14.9 Å². The van der Waals surface area contributed by atoms with Gasteiger partial charge in [-0.05, 0) is 19.1 Å². The highest BCUT2D eigenvalue weighted by Crippen LogP contribution is 2.18. The molecular weight excluding hydrogens is 232 g/mol. The van der Waals surface area contributed by atoms with Crippen LogP contribution < -0.4 is 10.5 Å². The van der Waals surface area contributed by atoms with Crippen molar-refractivity contribution < 1.29 is 4.74 Å². The van der Waals surface area contributed by atoms with Gasteiger partial charge in [0.05, 0.1) is 18.7 Å². The van der Waals surface area contributed by atoms with Crippen LogP contribution in [0.15, 0.2) is 18.3 Å². The van der Waals surface area contributed by atoms with Crippen LogP contribution in [0.3, 0.4) is 0 Å². The SMILES string of the molecule is COc1nc([C@H](C)N)n(-c2ncccc2C#N)n1. The zero-order chi connectivity index (χ0) is 13.1. The van der Waals surface area contributed by atoms with E-state index in [1.165, 1.54) is 11.8 Å². The van der Waals surface area contributed by atoms with Crippen molar-refractivity contribution >= 4 is 0 Å². The molecule has 0 bridgehead atoms. The first-order valence-corrected chi connectivity index (χ1v) is 5.29. The summed E-state index contributed by atoms with van der Waals surface area (Å²) >= 11 is 0. The van der Waals surface area contributed by atoms with Crippen molar-refractivity contribution in [1.82, 2.24) is 19.7 Å². The van der Waals surface area contributed by atoms with E-state index in [4.69, 9.17) is 15.7 Å². The Morgan fingerprint density at radius 1 is 1.56 bits per heavy atom. The topological polar surface area (TPSA) is 103 Å². The first-order valence-electron chi connectivity index (χ1n) is 5.29. The molecule has 7 heteroatoms. The minimum Gasteiger partial charge on any atom is -0.466 e. The minimum atomic E-state index is -0.352. The van der Waals surface area contributed by atoms with Crippen LogP contribution in [0, 0.1) is 11.3 Å². The molecule has 0 unspecified atom stereocenters. The van der Waals surface area contributed by atoms with Crippen molar-refractivity contribution in [2.75, 3.05) is 7.11 Å². The minimum absolute atomic E-state index is 0.192. The summed E-state index contributed by atoms with van der Waals surface area (Å²) in [5, 5.41) is 13.2. The van der Waals surface area contributed by atoms with Crippen LogP contribution in [-0.4, -0.2) is 26.9 Å². The Morgan fingerprint density at radius 3 is 2.94 bits per heavy atom. The van der Waals surface area contributed by atoms with E-state index in [9.17, 15) is 0 Å². The molecule has 2 rings (SSSR count). The van der Waals surface area contributed by atoms with Crippen molar-refractivity contribution in [3.63, 3.8) is 0 Å². The predicted octanol–water partition coefficient (Wildman–Crippen LogP) is 0.562. The van der Waals surface area contributed by atoms with Gasteiger partial charge in [-0.25, -0.2) is 4.98 Å². The van der Waals surface area contributed by atoms with E-state index in [0.29, 0.717) is 17.2 Å². The van der Waals surface area contributed by atoms with Crippen LogP contribution in [0.2, 0.25) is 0 Å². The zero-order valence-corrected chi connectivity index (χ0v) is 10.0. The normalized spacial score (nSPS) is 11.9. The Morgan fingerprint density at radius 2 is 2.33 bits per heavy atom. The third-order valence-corrected chi connectivity index (χ3v) is 2.31. The second-order valence-corrected chi connectivity index (χ2v) is 3.64. The molecule has 0 radical (unpaired) electrons. The zero-order valence-electron chi connectivity index (χ0n) is 10.0. The van der Waals surface area contributed by atoms with Crippen LogP contribution >= 0.6 is 0 Å². The summed E-state index contributed by atoms with van der Waals surface area (Å²) in [7, 11) is 1.47. The van der Waals surface area contributed by atoms with Gasteiger partial charge in [0.25, 0.3) is 0 Å². The Balaban J connectivity index is 2.63. The number of rotatable bonds is 3. The molecule has 2 aromatic heterocycles. The van der Waals surface area contributed by atoms with E-state index < -0.39 is 0 Å². The number of nitrogens with two attached hydrogens (primary N) is 1. The van der Waals surface area contributed by atoms with E-state index >= 15 is 0 Å². The molecule has 92 valence electrons. The highest BCUT2D eigenvalue weighted by Gasteiger charge is 2.18. The van der Waals surface area contributed by atoms with Gasteiger partial charge in [0, 0.05) is 6.20 Å². The van der Waals surface area contributed by atoms with Gasteiger partial charge in [-0.15, -0.1) is 5.10 Å². The Labute approximate surface area is 104 Å². The molecule has 0 amide bonds. The van der Waals surface area contributed by atoms with E-state index in [1.807, 2.05) is 0 Å². The van der Waals surface area contributed by atoms with Gasteiger partial charge in [0.2, 0.25) is 0 Å². The fourth-order valence-corrected chi connectivity index (χ4v) is 1.49. The highest BCUT2D eigenvalue weighted by molar-refractivity contribution is 5.43. The van der Waals surface area contributed by atoms with Gasteiger partial charge in [-0.1, -0.05) is 0 Å². The first kappa shape index (κ1) is 12.0. The van der Waals surface area contributed by atoms with Crippen molar-refractivity contribution in [3.05, 3.63) is 29.7 Å². The summed E-state index contributed by atoms with van der Waals surface area (Å²) in [5.41, 5.74) is 6.22. The van der Waals surface area contributed by atoms with Crippen molar-refractivity contribution in [1.29, 1.82) is 5.26 Å². The summed E-state index contributed by atoms with van der Waals surface area (Å²) < 4.78 is 6.40. The number of hydrogen-bond acceptors (Lipinski definition) is 6. The number of nitrogens with zero attached hydrogens (tertiary/aromatic N) is 5. The predicted molar refractivity (Wildman–Crippen MR) is 63.0 cm³/mol. The summed E-state index contributed by atoms with van der Waals surface area (Å²) in [6, 6.07) is 5.23. The molecule has 1 atom stereocenters. The fourth-order valence-electron chi connectivity index (χ4n) is 1.49. The van der Waals surface area contributed by atoms with Gasteiger partial charge in [-0.3, -0.25) is 0 Å². The van der Waals surface area contributed by atoms with Crippen LogP contribution in [0.5, 0.6) is 6.01 Å². The summed E-state index contributed by atoms with van der Waals surface area (Å²) in [4.78, 5) is 8.27. The van der Waals surface area contributed by atoms with Crippen LogP contribution in [0.25, 0.3) is 5.82 Å². The maximum atomic E-state index is 9.06. The molecule has 0 aliphatic heterocycles. The molecule has 2 heterocycles. The molecule has 0 fully saturated rings. The first-order chi connectivity index (χ1) is 8.67. The van der Waals surface area contributed by atoms with Crippen molar-refractivity contribution in [2.45, 2.75) is 13.0 Å². The molecule has 7 nitrogen and oxygen atoms in total. The number of aromatic nitrogens is 4. The van der Waals surface area contributed by atoms with Crippen LogP contribution in [0.4, 0.5) is 0 Å². The second-order valence-electron chi connectivity index (χ2n) is 3.64. The lowest BCUT2D eigenvalue weighted by atomic mass is 10.2. The van der Waals surface area contributed by atoms with Gasteiger partial charge in [0.1, 0.15) is 6.07 Å². The fraction of sp³-hybridized carbons (Fsp3) is 0.273. The lowest BCUT2D eigenvalue weighted by Gasteiger charge is -2.07. The van der Waals surface area contributed by atoms with Crippen molar-refractivity contribution in [2.24, 2.45) is 5.73 Å². The third kappa shape index (κ3) is 2.01. The molecule has 0 spiro atoms. The van der Waals surface area contributed by atoms with Gasteiger partial charge < -0.3 is 10.5 Å². The van der Waals surface area contributed by atoms with Gasteiger partial charge >= 0.3 is 6.01 Å². The van der Waals surface area contributed by atoms with Crippen LogP contribution in [-0.2, 0) is 0 Å². The number of ether oxygens (including phenoxy) is 1. The third-order valence-electron chi connectivity index (χ3n) is 2.31. The molecule has 18 heavy (non-hydrogen) atoms. The number of methoxy groups -OCH3 is 1. The molecule has 2 N–H and O–H groups in total. The Hall–Kier alpha value is -2.46.